The number of nitrogens with zero attached hydrogens (tertiary/aromatic N) is 4. The molecule has 0 aromatic carbocycles. The first kappa shape index (κ1) is 16.5. The molecule has 0 spiro atoms. The number of carbonyl (C=O) groups excluding carboxylic acids is 1. The summed E-state index contributed by atoms with van der Waals surface area (Å²) >= 11 is 5.24. The lowest BCUT2D eigenvalue weighted by atomic mass is 10.1. The van der Waals surface area contributed by atoms with Crippen molar-refractivity contribution in [3.05, 3.63) is 51.2 Å². The van der Waals surface area contributed by atoms with Crippen molar-refractivity contribution in [2.45, 2.75) is 32.2 Å². The summed E-state index contributed by atoms with van der Waals surface area (Å²) in [5.74, 6) is 0.227. The molecule has 1 aliphatic heterocycles. The maximum atomic E-state index is 12.1. The third kappa shape index (κ3) is 3.94. The van der Waals surface area contributed by atoms with Crippen molar-refractivity contribution in [3.8, 4) is 0 Å². The predicted octanol–water partition coefficient (Wildman–Crippen LogP) is 1.30. The van der Waals surface area contributed by atoms with E-state index in [1.54, 1.807) is 18.6 Å². The lowest BCUT2D eigenvalue weighted by Gasteiger charge is -2.16. The molecular formula is C16H19N5O2S. The number of likely N-dealkylation sites (tertiary alicyclic amines) is 1. The summed E-state index contributed by atoms with van der Waals surface area (Å²) < 4.78 is 2.26. The van der Waals surface area contributed by atoms with Gasteiger partial charge in [0.25, 0.3) is 5.56 Å². The molecule has 2 aromatic heterocycles. The zero-order valence-electron chi connectivity index (χ0n) is 13.3. The van der Waals surface area contributed by atoms with E-state index in [4.69, 9.17) is 12.2 Å². The number of rotatable bonds is 6. The van der Waals surface area contributed by atoms with Crippen molar-refractivity contribution in [1.82, 2.24) is 24.4 Å². The predicted molar refractivity (Wildman–Crippen MR) is 91.2 cm³/mol. The highest BCUT2D eigenvalue weighted by atomic mass is 32.1. The van der Waals surface area contributed by atoms with Crippen LogP contribution in [0.1, 0.15) is 30.4 Å². The Morgan fingerprint density at radius 1 is 1.21 bits per heavy atom. The standard InChI is InChI=1S/C16H19N5O2S/c22-14-3-1-4-20(14)5-2-6-21-10-13(15(23)19-16(21)24)7-12-8-17-11-18-9-12/h8-11H,1-7H2,(H,19,23,24). The largest absolute Gasteiger partial charge is 0.343 e. The minimum Gasteiger partial charge on any atom is -0.343 e. The number of aromatic amines is 1. The van der Waals surface area contributed by atoms with Crippen molar-refractivity contribution >= 4 is 18.1 Å². The van der Waals surface area contributed by atoms with E-state index in [0.29, 0.717) is 29.7 Å². The van der Waals surface area contributed by atoms with Gasteiger partial charge in [-0.3, -0.25) is 14.6 Å². The molecule has 0 radical (unpaired) electrons. The van der Waals surface area contributed by atoms with Gasteiger partial charge in [-0.2, -0.15) is 0 Å². The minimum absolute atomic E-state index is 0.185. The number of hydrogen-bond acceptors (Lipinski definition) is 5. The van der Waals surface area contributed by atoms with Gasteiger partial charge in [-0.15, -0.1) is 0 Å². The fraction of sp³-hybridized carbons (Fsp3) is 0.438. The molecule has 1 saturated heterocycles. The molecule has 0 unspecified atom stereocenters. The van der Waals surface area contributed by atoms with Crippen molar-refractivity contribution in [2.75, 3.05) is 13.1 Å². The molecule has 1 aliphatic rings. The second-order valence-corrected chi connectivity index (χ2v) is 6.26. The average Bonchev–Trinajstić information content (AvgIpc) is 2.98. The normalized spacial score (nSPS) is 14.3. The quantitative estimate of drug-likeness (QED) is 0.798. The van der Waals surface area contributed by atoms with Crippen LogP contribution in [0.2, 0.25) is 0 Å². The van der Waals surface area contributed by atoms with Crippen LogP contribution >= 0.6 is 12.2 Å². The molecule has 0 atom stereocenters. The molecule has 3 heterocycles. The monoisotopic (exact) mass is 345 g/mol. The SMILES string of the molecule is O=C1CCCN1CCCn1cc(Cc2cncnc2)c(=O)[nH]c1=S. The molecule has 8 heteroatoms. The summed E-state index contributed by atoms with van der Waals surface area (Å²) in [5.41, 5.74) is 1.31. The second kappa shape index (κ2) is 7.48. The Morgan fingerprint density at radius 2 is 2.00 bits per heavy atom. The van der Waals surface area contributed by atoms with Gasteiger partial charge >= 0.3 is 0 Å². The topological polar surface area (TPSA) is 83.9 Å². The van der Waals surface area contributed by atoms with Gasteiger partial charge in [0.05, 0.1) is 0 Å². The summed E-state index contributed by atoms with van der Waals surface area (Å²) in [6.07, 6.45) is 9.49. The lowest BCUT2D eigenvalue weighted by molar-refractivity contribution is -0.127. The van der Waals surface area contributed by atoms with Crippen molar-refractivity contribution in [2.24, 2.45) is 0 Å². The molecule has 1 amide bonds. The van der Waals surface area contributed by atoms with Gasteiger partial charge in [-0.1, -0.05) is 0 Å². The minimum atomic E-state index is -0.185. The van der Waals surface area contributed by atoms with Crippen LogP contribution in [0.25, 0.3) is 0 Å². The van der Waals surface area contributed by atoms with E-state index in [1.807, 2.05) is 9.47 Å². The maximum Gasteiger partial charge on any atom is 0.255 e. The lowest BCUT2D eigenvalue weighted by Crippen LogP contribution is -2.27. The Bertz CT molecular complexity index is 830. The molecular weight excluding hydrogens is 326 g/mol. The molecule has 7 nitrogen and oxygen atoms in total. The highest BCUT2D eigenvalue weighted by Crippen LogP contribution is 2.10. The fourth-order valence-corrected chi connectivity index (χ4v) is 3.10. The van der Waals surface area contributed by atoms with E-state index >= 15 is 0 Å². The zero-order chi connectivity index (χ0) is 16.9. The van der Waals surface area contributed by atoms with Crippen LogP contribution in [0.15, 0.2) is 29.7 Å². The van der Waals surface area contributed by atoms with Crippen LogP contribution in [-0.4, -0.2) is 43.4 Å². The summed E-state index contributed by atoms with van der Waals surface area (Å²) in [5, 5.41) is 0. The molecule has 1 N–H and O–H groups in total. The summed E-state index contributed by atoms with van der Waals surface area (Å²) in [4.78, 5) is 36.2. The highest BCUT2D eigenvalue weighted by Gasteiger charge is 2.19. The number of H-pyrrole nitrogens is 1. The number of amides is 1. The Hall–Kier alpha value is -2.35. The highest BCUT2D eigenvalue weighted by molar-refractivity contribution is 7.71. The van der Waals surface area contributed by atoms with Crippen LogP contribution in [0.5, 0.6) is 0 Å². The molecule has 2 aromatic rings. The van der Waals surface area contributed by atoms with Crippen molar-refractivity contribution < 1.29 is 4.79 Å². The molecule has 3 rings (SSSR count). The van der Waals surface area contributed by atoms with Crippen LogP contribution in [-0.2, 0) is 17.8 Å². The Balaban J connectivity index is 1.69. The third-order valence-corrected chi connectivity index (χ3v) is 4.43. The second-order valence-electron chi connectivity index (χ2n) is 5.87. The Labute approximate surface area is 144 Å². The number of hydrogen-bond donors (Lipinski definition) is 1. The van der Waals surface area contributed by atoms with Crippen LogP contribution in [0, 0.1) is 4.77 Å². The summed E-state index contributed by atoms with van der Waals surface area (Å²) in [6.45, 7) is 2.23. The fourth-order valence-electron chi connectivity index (χ4n) is 2.86. The molecule has 0 bridgehead atoms. The van der Waals surface area contributed by atoms with Crippen molar-refractivity contribution in [1.29, 1.82) is 0 Å². The smallest absolute Gasteiger partial charge is 0.255 e. The molecule has 0 saturated carbocycles. The van der Waals surface area contributed by atoms with E-state index in [1.165, 1.54) is 6.33 Å². The van der Waals surface area contributed by atoms with E-state index in [9.17, 15) is 9.59 Å². The van der Waals surface area contributed by atoms with E-state index < -0.39 is 0 Å². The Kier molecular flexibility index (Phi) is 5.14. The van der Waals surface area contributed by atoms with Gasteiger partial charge in [0.1, 0.15) is 6.33 Å². The third-order valence-electron chi connectivity index (χ3n) is 4.09. The number of carbonyl (C=O) groups is 1. The van der Waals surface area contributed by atoms with Gasteiger partial charge in [0.2, 0.25) is 5.91 Å². The summed E-state index contributed by atoms with van der Waals surface area (Å²) in [7, 11) is 0. The van der Waals surface area contributed by atoms with Crippen LogP contribution in [0.4, 0.5) is 0 Å². The van der Waals surface area contributed by atoms with E-state index in [0.717, 1.165) is 31.5 Å². The van der Waals surface area contributed by atoms with Gasteiger partial charge < -0.3 is 9.47 Å². The Morgan fingerprint density at radius 3 is 2.71 bits per heavy atom. The molecule has 126 valence electrons. The zero-order valence-corrected chi connectivity index (χ0v) is 14.1. The number of aromatic nitrogens is 4. The number of nitrogens with one attached hydrogen (secondary N) is 1. The van der Waals surface area contributed by atoms with Gasteiger partial charge in [-0.25, -0.2) is 9.97 Å². The van der Waals surface area contributed by atoms with E-state index in [-0.39, 0.29) is 11.5 Å². The molecule has 24 heavy (non-hydrogen) atoms. The first-order chi connectivity index (χ1) is 11.6. The summed E-state index contributed by atoms with van der Waals surface area (Å²) in [6, 6.07) is 0. The maximum absolute atomic E-state index is 12.1. The molecule has 1 fully saturated rings. The number of aryl methyl sites for hydroxylation is 1. The van der Waals surface area contributed by atoms with Gasteiger partial charge in [-0.05, 0) is 30.6 Å². The average molecular weight is 345 g/mol. The molecule has 0 aliphatic carbocycles. The van der Waals surface area contributed by atoms with E-state index in [2.05, 4.69) is 15.0 Å². The van der Waals surface area contributed by atoms with Crippen LogP contribution in [0.3, 0.4) is 0 Å². The van der Waals surface area contributed by atoms with Gasteiger partial charge in [0, 0.05) is 56.6 Å². The first-order valence-corrected chi connectivity index (χ1v) is 8.38. The first-order valence-electron chi connectivity index (χ1n) is 7.98. The van der Waals surface area contributed by atoms with Gasteiger partial charge in [0.15, 0.2) is 4.77 Å². The van der Waals surface area contributed by atoms with Crippen LogP contribution < -0.4 is 5.56 Å². The van der Waals surface area contributed by atoms with Crippen molar-refractivity contribution in [3.63, 3.8) is 0 Å².